The van der Waals surface area contributed by atoms with Crippen LogP contribution in [0.5, 0.6) is 0 Å². The zero-order valence-corrected chi connectivity index (χ0v) is 13.2. The number of aryl methyl sites for hydroxylation is 1. The molecule has 6 heteroatoms. The average Bonchev–Trinajstić information content (AvgIpc) is 2.91. The molecule has 1 aromatic carbocycles. The number of imidazole rings is 1. The van der Waals surface area contributed by atoms with Crippen LogP contribution in [0.4, 0.5) is 5.69 Å². The molecule has 0 bridgehead atoms. The van der Waals surface area contributed by atoms with Gasteiger partial charge in [0, 0.05) is 24.0 Å². The number of aromatic nitrogens is 2. The lowest BCUT2D eigenvalue weighted by Crippen LogP contribution is -2.31. The maximum atomic E-state index is 12.7. The van der Waals surface area contributed by atoms with E-state index in [1.807, 2.05) is 43.5 Å². The lowest BCUT2D eigenvalue weighted by Gasteiger charge is -2.17. The summed E-state index contributed by atoms with van der Waals surface area (Å²) in [5.74, 6) is -0.347. The Morgan fingerprint density at radius 2 is 2.17 bits per heavy atom. The van der Waals surface area contributed by atoms with Gasteiger partial charge in [0.1, 0.15) is 11.3 Å². The minimum absolute atomic E-state index is 0.0988. The SMILES string of the molecule is Cc1nc2ccccn2c1C(=O)Nc1ccc2c(c1)C(=O)NCC2. The summed E-state index contributed by atoms with van der Waals surface area (Å²) in [5.41, 5.74) is 4.10. The highest BCUT2D eigenvalue weighted by Crippen LogP contribution is 2.20. The Kier molecular flexibility index (Phi) is 3.30. The van der Waals surface area contributed by atoms with Crippen LogP contribution in [0, 0.1) is 6.92 Å². The molecule has 2 amide bonds. The molecule has 1 aliphatic heterocycles. The van der Waals surface area contributed by atoms with Crippen LogP contribution in [0.15, 0.2) is 42.6 Å². The monoisotopic (exact) mass is 320 g/mol. The molecule has 2 aromatic heterocycles. The number of rotatable bonds is 2. The van der Waals surface area contributed by atoms with Crippen LogP contribution >= 0.6 is 0 Å². The van der Waals surface area contributed by atoms with Crippen molar-refractivity contribution in [1.82, 2.24) is 14.7 Å². The first kappa shape index (κ1) is 14.4. The topological polar surface area (TPSA) is 75.5 Å². The fourth-order valence-corrected chi connectivity index (χ4v) is 3.07. The van der Waals surface area contributed by atoms with Crippen LogP contribution in [0.3, 0.4) is 0 Å². The third-order valence-corrected chi connectivity index (χ3v) is 4.21. The van der Waals surface area contributed by atoms with Gasteiger partial charge in [-0.05, 0) is 43.2 Å². The largest absolute Gasteiger partial charge is 0.352 e. The van der Waals surface area contributed by atoms with E-state index in [4.69, 9.17) is 0 Å². The highest BCUT2D eigenvalue weighted by Gasteiger charge is 2.19. The Balaban J connectivity index is 1.68. The van der Waals surface area contributed by atoms with E-state index in [0.29, 0.717) is 29.2 Å². The van der Waals surface area contributed by atoms with Gasteiger partial charge in [0.25, 0.3) is 11.8 Å². The third-order valence-electron chi connectivity index (χ3n) is 4.21. The van der Waals surface area contributed by atoms with Gasteiger partial charge in [-0.2, -0.15) is 0 Å². The lowest BCUT2D eigenvalue weighted by molar-refractivity contribution is 0.0944. The average molecular weight is 320 g/mol. The van der Waals surface area contributed by atoms with Crippen LogP contribution in [0.2, 0.25) is 0 Å². The zero-order chi connectivity index (χ0) is 16.7. The summed E-state index contributed by atoms with van der Waals surface area (Å²) >= 11 is 0. The lowest BCUT2D eigenvalue weighted by atomic mass is 10.00. The molecule has 3 aromatic rings. The summed E-state index contributed by atoms with van der Waals surface area (Å²) in [6.07, 6.45) is 2.62. The van der Waals surface area contributed by atoms with Crippen molar-refractivity contribution in [2.45, 2.75) is 13.3 Å². The standard InChI is InChI=1S/C18H16N4O2/c1-11-16(22-9-3-2-4-15(22)20-11)18(24)21-13-6-5-12-7-8-19-17(23)14(12)10-13/h2-6,9-10H,7-8H2,1H3,(H,19,23)(H,21,24). The van der Waals surface area contributed by atoms with Crippen molar-refractivity contribution >= 4 is 23.1 Å². The number of nitrogens with zero attached hydrogens (tertiary/aromatic N) is 2. The summed E-state index contributed by atoms with van der Waals surface area (Å²) in [4.78, 5) is 29.0. The molecule has 6 nitrogen and oxygen atoms in total. The van der Waals surface area contributed by atoms with Gasteiger partial charge in [-0.15, -0.1) is 0 Å². The van der Waals surface area contributed by atoms with Gasteiger partial charge < -0.3 is 10.6 Å². The molecule has 0 saturated carbocycles. The third kappa shape index (κ3) is 2.32. The van der Waals surface area contributed by atoms with Gasteiger partial charge in [0.2, 0.25) is 0 Å². The number of fused-ring (bicyclic) bond motifs is 2. The fraction of sp³-hybridized carbons (Fsp3) is 0.167. The van der Waals surface area contributed by atoms with Crippen molar-refractivity contribution in [1.29, 1.82) is 0 Å². The van der Waals surface area contributed by atoms with E-state index in [2.05, 4.69) is 15.6 Å². The van der Waals surface area contributed by atoms with E-state index in [1.165, 1.54) is 0 Å². The smallest absolute Gasteiger partial charge is 0.274 e. The second-order valence-corrected chi connectivity index (χ2v) is 5.81. The highest BCUT2D eigenvalue weighted by molar-refractivity contribution is 6.05. The molecule has 3 heterocycles. The molecule has 0 radical (unpaired) electrons. The van der Waals surface area contributed by atoms with Crippen LogP contribution in [-0.2, 0) is 6.42 Å². The van der Waals surface area contributed by atoms with Crippen molar-refractivity contribution in [2.24, 2.45) is 0 Å². The summed E-state index contributed by atoms with van der Waals surface area (Å²) in [5, 5.41) is 5.68. The van der Waals surface area contributed by atoms with Crippen molar-refractivity contribution in [2.75, 3.05) is 11.9 Å². The number of benzene rings is 1. The van der Waals surface area contributed by atoms with E-state index in [9.17, 15) is 9.59 Å². The predicted molar refractivity (Wildman–Crippen MR) is 90.4 cm³/mol. The molecule has 1 aliphatic rings. The molecule has 0 atom stereocenters. The predicted octanol–water partition coefficient (Wildman–Crippen LogP) is 2.18. The molecule has 0 fully saturated rings. The summed E-state index contributed by atoms with van der Waals surface area (Å²) < 4.78 is 1.76. The number of hydrogen-bond donors (Lipinski definition) is 2. The maximum absolute atomic E-state index is 12.7. The Bertz CT molecular complexity index is 974. The summed E-state index contributed by atoms with van der Waals surface area (Å²) in [6, 6.07) is 11.0. The minimum atomic E-state index is -0.248. The van der Waals surface area contributed by atoms with E-state index in [-0.39, 0.29) is 11.8 Å². The fourth-order valence-electron chi connectivity index (χ4n) is 3.07. The maximum Gasteiger partial charge on any atom is 0.274 e. The summed E-state index contributed by atoms with van der Waals surface area (Å²) in [6.45, 7) is 2.46. The molecule has 2 N–H and O–H groups in total. The van der Waals surface area contributed by atoms with Crippen molar-refractivity contribution in [3.05, 3.63) is 65.1 Å². The normalized spacial score (nSPS) is 13.5. The molecule has 24 heavy (non-hydrogen) atoms. The Morgan fingerprint density at radius 1 is 1.29 bits per heavy atom. The molecule has 0 aliphatic carbocycles. The first-order valence-electron chi connectivity index (χ1n) is 7.79. The number of hydrogen-bond acceptors (Lipinski definition) is 3. The first-order chi connectivity index (χ1) is 11.6. The Hall–Kier alpha value is -3.15. The van der Waals surface area contributed by atoms with Crippen LogP contribution < -0.4 is 10.6 Å². The molecule has 0 unspecified atom stereocenters. The van der Waals surface area contributed by atoms with Crippen molar-refractivity contribution < 1.29 is 9.59 Å². The van der Waals surface area contributed by atoms with Gasteiger partial charge in [-0.1, -0.05) is 12.1 Å². The Labute approximate surface area is 138 Å². The van der Waals surface area contributed by atoms with E-state index in [1.54, 1.807) is 10.5 Å². The zero-order valence-electron chi connectivity index (χ0n) is 13.2. The van der Waals surface area contributed by atoms with E-state index in [0.717, 1.165) is 17.6 Å². The van der Waals surface area contributed by atoms with E-state index < -0.39 is 0 Å². The summed E-state index contributed by atoms with van der Waals surface area (Å²) in [7, 11) is 0. The van der Waals surface area contributed by atoms with Gasteiger partial charge in [0.05, 0.1) is 5.69 Å². The quantitative estimate of drug-likeness (QED) is 0.760. The second-order valence-electron chi connectivity index (χ2n) is 5.81. The van der Waals surface area contributed by atoms with Gasteiger partial charge in [-0.3, -0.25) is 14.0 Å². The highest BCUT2D eigenvalue weighted by atomic mass is 16.2. The van der Waals surface area contributed by atoms with Crippen molar-refractivity contribution in [3.63, 3.8) is 0 Å². The van der Waals surface area contributed by atoms with Crippen LogP contribution in [0.1, 0.15) is 32.1 Å². The molecule has 0 saturated heterocycles. The first-order valence-corrected chi connectivity index (χ1v) is 7.79. The number of carbonyl (C=O) groups is 2. The van der Waals surface area contributed by atoms with Crippen LogP contribution in [0.25, 0.3) is 5.65 Å². The van der Waals surface area contributed by atoms with Gasteiger partial charge in [-0.25, -0.2) is 4.98 Å². The molecule has 4 rings (SSSR count). The number of amides is 2. The van der Waals surface area contributed by atoms with Crippen molar-refractivity contribution in [3.8, 4) is 0 Å². The minimum Gasteiger partial charge on any atom is -0.352 e. The van der Waals surface area contributed by atoms with Crippen LogP contribution in [-0.4, -0.2) is 27.7 Å². The molecular formula is C18H16N4O2. The van der Waals surface area contributed by atoms with Gasteiger partial charge >= 0.3 is 0 Å². The number of carbonyl (C=O) groups excluding carboxylic acids is 2. The molecule has 0 spiro atoms. The van der Waals surface area contributed by atoms with E-state index >= 15 is 0 Å². The van der Waals surface area contributed by atoms with Gasteiger partial charge in [0.15, 0.2) is 0 Å². The number of nitrogens with one attached hydrogen (secondary N) is 2. The number of pyridine rings is 1. The Morgan fingerprint density at radius 3 is 3.04 bits per heavy atom. The molecule has 120 valence electrons. The number of anilines is 1. The molecular weight excluding hydrogens is 304 g/mol. The second kappa shape index (κ2) is 5.49.